The first-order valence-electron chi connectivity index (χ1n) is 2.09. The van der Waals surface area contributed by atoms with Gasteiger partial charge in [0.25, 0.3) is 0 Å². The van der Waals surface area contributed by atoms with E-state index in [0.29, 0.717) is 0 Å². The Kier molecular flexibility index (Phi) is 1.53. The summed E-state index contributed by atoms with van der Waals surface area (Å²) in [6, 6.07) is 0. The molecule has 1 rings (SSSR count). The summed E-state index contributed by atoms with van der Waals surface area (Å²) in [6.45, 7) is 2.30. The third-order valence-corrected chi connectivity index (χ3v) is 4.63. The maximum atomic E-state index is 2.38. The molecule has 1 heteroatoms. The van der Waals surface area contributed by atoms with Gasteiger partial charge in [0.1, 0.15) is 0 Å². The van der Waals surface area contributed by atoms with Crippen molar-refractivity contribution in [1.82, 2.24) is 0 Å². The molecule has 0 aromatic carbocycles. The van der Waals surface area contributed by atoms with Crippen LogP contribution in [0.2, 0.25) is 3.63 Å². The third-order valence-electron chi connectivity index (χ3n) is 0.797. The van der Waals surface area contributed by atoms with Gasteiger partial charge in [0.05, 0.1) is 0 Å². The topological polar surface area (TPSA) is 0 Å². The second-order valence-electron chi connectivity index (χ2n) is 1.42. The zero-order chi connectivity index (χ0) is 4.41. The van der Waals surface area contributed by atoms with Gasteiger partial charge in [0.2, 0.25) is 0 Å². The molecule has 0 fully saturated rings. The number of rotatable bonds is 0. The van der Waals surface area contributed by atoms with Gasteiger partial charge in [0.15, 0.2) is 0 Å². The molecule has 1 aliphatic rings. The summed E-state index contributed by atoms with van der Waals surface area (Å²) < 4.78 is 3.37. The minimum atomic E-state index is -0.0741. The van der Waals surface area contributed by atoms with Gasteiger partial charge in [-0.15, -0.1) is 0 Å². The van der Waals surface area contributed by atoms with Gasteiger partial charge in [-0.1, -0.05) is 0 Å². The Morgan fingerprint density at radius 1 is 1.67 bits per heavy atom. The van der Waals surface area contributed by atoms with Crippen LogP contribution in [-0.4, -0.2) is 26.5 Å². The molecule has 0 aromatic heterocycles. The molecule has 1 aliphatic heterocycles. The summed E-state index contributed by atoms with van der Waals surface area (Å²) in [5.74, 6) is 0. The Balaban J connectivity index is 2.60. The SMILES string of the molecule is C[CH]1C=C[CH]=[Bi]1. The Hall–Kier alpha value is 0.493. The van der Waals surface area contributed by atoms with Crippen molar-refractivity contribution in [3.05, 3.63) is 12.2 Å². The zero-order valence-corrected chi connectivity index (χ0v) is 7.23. The van der Waals surface area contributed by atoms with E-state index >= 15 is 0 Å². The molecule has 0 N–H and O–H groups in total. The average Bonchev–Trinajstić information content (AvgIpc) is 1.86. The fraction of sp³-hybridized carbons (Fsp3) is 0.400. The average molecular weight is 276 g/mol. The minimum absolute atomic E-state index is 0.0741. The second kappa shape index (κ2) is 1.98. The van der Waals surface area contributed by atoms with Gasteiger partial charge in [-0.3, -0.25) is 0 Å². The van der Waals surface area contributed by atoms with Gasteiger partial charge in [-0.2, -0.15) is 0 Å². The summed E-state index contributed by atoms with van der Waals surface area (Å²) in [6.07, 6.45) is 4.51. The fourth-order valence-corrected chi connectivity index (χ4v) is 3.05. The molecule has 6 heavy (non-hydrogen) atoms. The van der Waals surface area contributed by atoms with Crippen LogP contribution in [0.3, 0.4) is 0 Å². The van der Waals surface area contributed by atoms with Crippen LogP contribution in [0.5, 0.6) is 0 Å². The molecular weight excluding hydrogens is 269 g/mol. The standard InChI is InChI=1S/C5H7.Bi/c1-3-5-4-2;/h1,3-5H,2H3;. The first-order chi connectivity index (χ1) is 2.89. The quantitative estimate of drug-likeness (QED) is 0.576. The molecule has 0 radical (unpaired) electrons. The van der Waals surface area contributed by atoms with Gasteiger partial charge < -0.3 is 0 Å². The third kappa shape index (κ3) is 0.976. The summed E-state index contributed by atoms with van der Waals surface area (Å²) in [7, 11) is 0. The van der Waals surface area contributed by atoms with Crippen LogP contribution < -0.4 is 0 Å². The molecule has 0 nitrogen and oxygen atoms in total. The zero-order valence-electron chi connectivity index (χ0n) is 3.76. The van der Waals surface area contributed by atoms with Gasteiger partial charge in [-0.05, 0) is 0 Å². The first kappa shape index (κ1) is 4.65. The van der Waals surface area contributed by atoms with E-state index in [2.05, 4.69) is 22.8 Å². The van der Waals surface area contributed by atoms with Crippen LogP contribution in [0.4, 0.5) is 0 Å². The van der Waals surface area contributed by atoms with Crippen LogP contribution >= 0.6 is 0 Å². The van der Waals surface area contributed by atoms with Crippen molar-refractivity contribution in [2.24, 2.45) is 0 Å². The van der Waals surface area contributed by atoms with E-state index in [1.165, 1.54) is 0 Å². The van der Waals surface area contributed by atoms with Gasteiger partial charge in [0, 0.05) is 0 Å². The molecular formula is C5H7Bi. The Bertz CT molecular complexity index is 80.1. The van der Waals surface area contributed by atoms with Crippen LogP contribution in [0.25, 0.3) is 0 Å². The molecule has 0 aliphatic carbocycles. The van der Waals surface area contributed by atoms with Crippen molar-refractivity contribution in [2.75, 3.05) is 0 Å². The van der Waals surface area contributed by atoms with E-state index in [0.717, 1.165) is 3.63 Å². The molecule has 0 aromatic rings. The van der Waals surface area contributed by atoms with E-state index in [4.69, 9.17) is 0 Å². The van der Waals surface area contributed by atoms with Gasteiger partial charge >= 0.3 is 49.2 Å². The Morgan fingerprint density at radius 2 is 2.50 bits per heavy atom. The van der Waals surface area contributed by atoms with Crippen LogP contribution in [0.1, 0.15) is 6.92 Å². The molecule has 0 saturated heterocycles. The van der Waals surface area contributed by atoms with Crippen LogP contribution in [-0.2, 0) is 0 Å². The number of allylic oxidation sites excluding steroid dienone is 2. The van der Waals surface area contributed by atoms with Gasteiger partial charge in [-0.25, -0.2) is 0 Å². The van der Waals surface area contributed by atoms with E-state index in [1.807, 2.05) is 0 Å². The predicted octanol–water partition coefficient (Wildman–Crippen LogP) is 0.871. The van der Waals surface area contributed by atoms with Crippen molar-refractivity contribution in [3.63, 3.8) is 0 Å². The predicted molar refractivity (Wildman–Crippen MR) is 30.4 cm³/mol. The van der Waals surface area contributed by atoms with Crippen molar-refractivity contribution in [2.45, 2.75) is 10.5 Å². The molecule has 32 valence electrons. The monoisotopic (exact) mass is 276 g/mol. The molecule has 0 saturated carbocycles. The summed E-state index contributed by atoms with van der Waals surface area (Å²) in [5.41, 5.74) is 0. The summed E-state index contributed by atoms with van der Waals surface area (Å²) in [5, 5.41) is 0. The van der Waals surface area contributed by atoms with E-state index in [9.17, 15) is 0 Å². The van der Waals surface area contributed by atoms with E-state index < -0.39 is 0 Å². The van der Waals surface area contributed by atoms with Crippen molar-refractivity contribution >= 4 is 26.5 Å². The first-order valence-corrected chi connectivity index (χ1v) is 6.11. The van der Waals surface area contributed by atoms with Crippen molar-refractivity contribution in [1.29, 1.82) is 0 Å². The molecule has 1 atom stereocenters. The fourth-order valence-electron chi connectivity index (χ4n) is 0.446. The molecule has 1 unspecified atom stereocenters. The second-order valence-corrected chi connectivity index (χ2v) is 6.91. The number of hydrogen-bond donors (Lipinski definition) is 0. The molecule has 1 heterocycles. The van der Waals surface area contributed by atoms with Crippen molar-refractivity contribution < 1.29 is 0 Å². The summed E-state index contributed by atoms with van der Waals surface area (Å²) in [4.78, 5) is 0. The number of hydrogen-bond acceptors (Lipinski definition) is 0. The maximum absolute atomic E-state index is 2.38. The molecule has 0 amide bonds. The van der Waals surface area contributed by atoms with Crippen molar-refractivity contribution in [3.8, 4) is 0 Å². The molecule has 0 spiro atoms. The van der Waals surface area contributed by atoms with E-state index in [1.54, 1.807) is 0 Å². The Morgan fingerprint density at radius 3 is 2.67 bits per heavy atom. The Labute approximate surface area is 49.3 Å². The normalized spacial score (nSPS) is 29.2. The van der Waals surface area contributed by atoms with Crippen LogP contribution in [0, 0.1) is 0 Å². The van der Waals surface area contributed by atoms with E-state index in [-0.39, 0.29) is 22.8 Å². The van der Waals surface area contributed by atoms with Crippen LogP contribution in [0.15, 0.2) is 12.2 Å². The summed E-state index contributed by atoms with van der Waals surface area (Å²) >= 11 is -0.0741. The molecule has 0 bridgehead atoms.